The van der Waals surface area contributed by atoms with Crippen LogP contribution in [0.25, 0.3) is 106 Å². The van der Waals surface area contributed by atoms with Crippen LogP contribution in [0.1, 0.15) is 25.3 Å². The van der Waals surface area contributed by atoms with Crippen molar-refractivity contribution in [1.82, 2.24) is 19.5 Å². The first-order valence-corrected chi connectivity index (χ1v) is 20.7. The van der Waals surface area contributed by atoms with Crippen LogP contribution in [-0.4, -0.2) is 19.5 Å². The number of aromatic nitrogens is 4. The molecule has 0 aliphatic rings. The van der Waals surface area contributed by atoms with Gasteiger partial charge in [-0.05, 0) is 89.2 Å². The van der Waals surface area contributed by atoms with Crippen LogP contribution in [0, 0.1) is 0 Å². The lowest BCUT2D eigenvalue weighted by Crippen LogP contribution is -2.00. The number of para-hydroxylation sites is 2. The molecule has 0 saturated carbocycles. The Labute approximate surface area is 348 Å². The van der Waals surface area contributed by atoms with E-state index in [0.29, 0.717) is 17.5 Å². The lowest BCUT2D eigenvalue weighted by atomic mass is 9.98. The number of rotatable bonds is 9. The van der Waals surface area contributed by atoms with Crippen molar-refractivity contribution in [3.8, 4) is 62.1 Å². The molecule has 8 aromatic carbocycles. The molecule has 3 heterocycles. The van der Waals surface area contributed by atoms with Gasteiger partial charge in [0.05, 0.1) is 11.0 Å². The number of nitrogens with zero attached hydrogens (tertiary/aromatic N) is 4. The van der Waals surface area contributed by atoms with Crippen LogP contribution >= 0.6 is 0 Å². The van der Waals surface area contributed by atoms with E-state index in [1.165, 1.54) is 34.7 Å². The summed E-state index contributed by atoms with van der Waals surface area (Å²) in [6, 6.07) is 66.4. The zero-order valence-electron chi connectivity index (χ0n) is 33.2. The van der Waals surface area contributed by atoms with Gasteiger partial charge in [0, 0.05) is 43.9 Å². The molecule has 5 nitrogen and oxygen atoms in total. The van der Waals surface area contributed by atoms with E-state index in [0.717, 1.165) is 78.5 Å². The van der Waals surface area contributed by atoms with Crippen molar-refractivity contribution in [2.45, 2.75) is 26.2 Å². The molecular formula is C55H40N4O. The third-order valence-electron chi connectivity index (χ3n) is 11.6. The number of furan rings is 1. The predicted octanol–water partition coefficient (Wildman–Crippen LogP) is 14.5. The summed E-state index contributed by atoms with van der Waals surface area (Å²) in [7, 11) is 0. The van der Waals surface area contributed by atoms with E-state index < -0.39 is 0 Å². The van der Waals surface area contributed by atoms with Crippen LogP contribution in [0.5, 0.6) is 0 Å². The Morgan fingerprint density at radius 1 is 0.433 bits per heavy atom. The van der Waals surface area contributed by atoms with Gasteiger partial charge in [-0.15, -0.1) is 0 Å². The summed E-state index contributed by atoms with van der Waals surface area (Å²) in [6.45, 7) is 2.23. The molecule has 0 spiro atoms. The van der Waals surface area contributed by atoms with Gasteiger partial charge in [0.15, 0.2) is 17.5 Å². The standard InChI is InChI=1S/C55H40N4O/c1-2-3-14-36-27-29-38(30-28-36)54-56-53(37-15-5-4-6-16-37)57-55(58-54)42-19-11-17-39(33-42)40-18-12-20-43(34-40)59-48-24-9-7-21-45(48)47-35-41(31-32-49(47)59)44-23-13-26-51-52(44)46-22-8-10-25-50(46)60-51/h4-13,15-35H,2-3,14H2,1H3. The smallest absolute Gasteiger partial charge is 0.164 e. The summed E-state index contributed by atoms with van der Waals surface area (Å²) in [6.07, 6.45) is 3.42. The Kier molecular flexibility index (Phi) is 8.85. The Morgan fingerprint density at radius 2 is 1.03 bits per heavy atom. The van der Waals surface area contributed by atoms with E-state index in [9.17, 15) is 0 Å². The fraction of sp³-hybridized carbons (Fsp3) is 0.0727. The van der Waals surface area contributed by atoms with Crippen LogP contribution < -0.4 is 0 Å². The van der Waals surface area contributed by atoms with Gasteiger partial charge < -0.3 is 8.98 Å². The molecule has 3 aromatic heterocycles. The van der Waals surface area contributed by atoms with Gasteiger partial charge in [-0.1, -0.05) is 153 Å². The van der Waals surface area contributed by atoms with Gasteiger partial charge >= 0.3 is 0 Å². The van der Waals surface area contributed by atoms with Crippen LogP contribution in [0.15, 0.2) is 192 Å². The molecule has 0 aliphatic heterocycles. The highest BCUT2D eigenvalue weighted by Gasteiger charge is 2.18. The maximum absolute atomic E-state index is 6.26. The number of hydrogen-bond donors (Lipinski definition) is 0. The van der Waals surface area contributed by atoms with E-state index >= 15 is 0 Å². The topological polar surface area (TPSA) is 56.7 Å². The number of aryl methyl sites for hydroxylation is 1. The van der Waals surface area contributed by atoms with Crippen molar-refractivity contribution in [2.75, 3.05) is 0 Å². The van der Waals surface area contributed by atoms with Gasteiger partial charge in [-0.25, -0.2) is 15.0 Å². The SMILES string of the molecule is CCCCc1ccc(-c2nc(-c3ccccc3)nc(-c3cccc(-c4cccc(-n5c6ccccc6c6cc(-c7cccc8oc9ccccc9c78)ccc65)c4)c3)n2)cc1. The average molecular weight is 773 g/mol. The summed E-state index contributed by atoms with van der Waals surface area (Å²) in [5, 5.41) is 4.69. The van der Waals surface area contributed by atoms with E-state index in [-0.39, 0.29) is 0 Å². The molecule has 5 heteroatoms. The number of benzene rings is 8. The van der Waals surface area contributed by atoms with Gasteiger partial charge in [-0.2, -0.15) is 0 Å². The quantitative estimate of drug-likeness (QED) is 0.147. The van der Waals surface area contributed by atoms with Crippen molar-refractivity contribution in [2.24, 2.45) is 0 Å². The van der Waals surface area contributed by atoms with Gasteiger partial charge in [0.25, 0.3) is 0 Å². The monoisotopic (exact) mass is 772 g/mol. The van der Waals surface area contributed by atoms with Gasteiger partial charge in [-0.3, -0.25) is 0 Å². The molecular weight excluding hydrogens is 733 g/mol. The van der Waals surface area contributed by atoms with Gasteiger partial charge in [0.2, 0.25) is 0 Å². The Hall–Kier alpha value is -7.63. The fourth-order valence-corrected chi connectivity index (χ4v) is 8.65. The minimum atomic E-state index is 0.643. The lowest BCUT2D eigenvalue weighted by Gasteiger charge is -2.12. The molecule has 60 heavy (non-hydrogen) atoms. The first-order valence-electron chi connectivity index (χ1n) is 20.7. The maximum atomic E-state index is 6.26. The van der Waals surface area contributed by atoms with Crippen LogP contribution in [0.2, 0.25) is 0 Å². The second-order valence-electron chi connectivity index (χ2n) is 15.5. The highest BCUT2D eigenvalue weighted by atomic mass is 16.3. The minimum absolute atomic E-state index is 0.643. The summed E-state index contributed by atoms with van der Waals surface area (Å²) in [5.74, 6) is 1.96. The molecule has 11 aromatic rings. The predicted molar refractivity (Wildman–Crippen MR) is 247 cm³/mol. The molecule has 11 rings (SSSR count). The summed E-state index contributed by atoms with van der Waals surface area (Å²) < 4.78 is 8.64. The molecule has 0 N–H and O–H groups in total. The molecule has 0 amide bonds. The second kappa shape index (κ2) is 14.9. The van der Waals surface area contributed by atoms with Crippen molar-refractivity contribution in [3.63, 3.8) is 0 Å². The van der Waals surface area contributed by atoms with Crippen molar-refractivity contribution in [3.05, 3.63) is 194 Å². The zero-order valence-corrected chi connectivity index (χ0v) is 33.2. The molecule has 0 atom stereocenters. The normalized spacial score (nSPS) is 11.6. The fourth-order valence-electron chi connectivity index (χ4n) is 8.65. The van der Waals surface area contributed by atoms with Gasteiger partial charge in [0.1, 0.15) is 11.2 Å². The highest BCUT2D eigenvalue weighted by Crippen LogP contribution is 2.40. The molecule has 0 unspecified atom stereocenters. The highest BCUT2D eigenvalue weighted by molar-refractivity contribution is 6.15. The number of hydrogen-bond acceptors (Lipinski definition) is 4. The first-order chi connectivity index (χ1) is 29.7. The van der Waals surface area contributed by atoms with E-state index in [1.54, 1.807) is 0 Å². The van der Waals surface area contributed by atoms with Crippen LogP contribution in [0.4, 0.5) is 0 Å². The molecule has 0 saturated heterocycles. The van der Waals surface area contributed by atoms with E-state index in [2.05, 4.69) is 169 Å². The summed E-state index contributed by atoms with van der Waals surface area (Å²) >= 11 is 0. The molecule has 0 aliphatic carbocycles. The zero-order chi connectivity index (χ0) is 40.0. The van der Waals surface area contributed by atoms with Crippen LogP contribution in [0.3, 0.4) is 0 Å². The summed E-state index contributed by atoms with van der Waals surface area (Å²) in [4.78, 5) is 15.1. The first kappa shape index (κ1) is 35.5. The maximum Gasteiger partial charge on any atom is 0.164 e. The largest absolute Gasteiger partial charge is 0.456 e. The number of unbranched alkanes of at least 4 members (excludes halogenated alkanes) is 1. The Morgan fingerprint density at radius 3 is 1.85 bits per heavy atom. The second-order valence-corrected chi connectivity index (χ2v) is 15.5. The Bertz CT molecular complexity index is 3360. The third kappa shape index (κ3) is 6.32. The van der Waals surface area contributed by atoms with E-state index in [1.807, 2.05) is 30.3 Å². The molecule has 0 fully saturated rings. The molecule has 0 radical (unpaired) electrons. The minimum Gasteiger partial charge on any atom is -0.456 e. The van der Waals surface area contributed by atoms with Crippen LogP contribution in [-0.2, 0) is 6.42 Å². The van der Waals surface area contributed by atoms with Crippen molar-refractivity contribution < 1.29 is 4.42 Å². The Balaban J connectivity index is 0.994. The summed E-state index contributed by atoms with van der Waals surface area (Å²) in [5.41, 5.74) is 13.9. The van der Waals surface area contributed by atoms with Crippen molar-refractivity contribution in [1.29, 1.82) is 0 Å². The molecule has 0 bridgehead atoms. The lowest BCUT2D eigenvalue weighted by molar-refractivity contribution is 0.669. The van der Waals surface area contributed by atoms with E-state index in [4.69, 9.17) is 19.4 Å². The average Bonchev–Trinajstić information content (AvgIpc) is 3.87. The molecule has 286 valence electrons. The number of fused-ring (bicyclic) bond motifs is 6. The third-order valence-corrected chi connectivity index (χ3v) is 11.6. The van der Waals surface area contributed by atoms with Crippen molar-refractivity contribution >= 4 is 43.7 Å².